The highest BCUT2D eigenvalue weighted by molar-refractivity contribution is 7.92. The van der Waals surface area contributed by atoms with Crippen LogP contribution in [0.4, 0.5) is 5.69 Å². The molecule has 122 valence electrons. The van der Waals surface area contributed by atoms with Crippen molar-refractivity contribution in [3.63, 3.8) is 0 Å². The molecular weight excluding hydrogens is 314 g/mol. The smallest absolute Gasteiger partial charge is 0.239 e. The number of amides is 1. The summed E-state index contributed by atoms with van der Waals surface area (Å²) < 4.78 is 29.3. The fraction of sp³-hybridized carbons (Fsp3) is 0.235. The van der Waals surface area contributed by atoms with E-state index in [9.17, 15) is 13.2 Å². The first-order valence-electron chi connectivity index (χ1n) is 7.19. The molecule has 0 fully saturated rings. The molecule has 0 aliphatic carbocycles. The van der Waals surface area contributed by atoms with Crippen LogP contribution in [-0.4, -0.2) is 32.4 Å². The Kier molecular flexibility index (Phi) is 5.76. The van der Waals surface area contributed by atoms with Gasteiger partial charge < -0.3 is 10.1 Å². The number of anilines is 1. The van der Waals surface area contributed by atoms with Crippen molar-refractivity contribution in [2.24, 2.45) is 0 Å². The molecule has 2 rings (SSSR count). The maximum Gasteiger partial charge on any atom is 0.239 e. The van der Waals surface area contributed by atoms with Crippen LogP contribution >= 0.6 is 0 Å². The van der Waals surface area contributed by atoms with Crippen molar-refractivity contribution in [3.05, 3.63) is 60.2 Å². The molecule has 0 aliphatic rings. The number of para-hydroxylation sites is 1. The number of ether oxygens (including phenoxy) is 1. The van der Waals surface area contributed by atoms with Crippen molar-refractivity contribution < 1.29 is 17.9 Å². The predicted molar refractivity (Wildman–Crippen MR) is 90.4 cm³/mol. The van der Waals surface area contributed by atoms with Gasteiger partial charge in [-0.3, -0.25) is 4.79 Å². The summed E-state index contributed by atoms with van der Waals surface area (Å²) in [6, 6.07) is 16.1. The molecule has 0 radical (unpaired) electrons. The number of hydrogen-bond acceptors (Lipinski definition) is 4. The van der Waals surface area contributed by atoms with E-state index in [1.165, 1.54) is 0 Å². The quantitative estimate of drug-likeness (QED) is 0.844. The van der Waals surface area contributed by atoms with Crippen LogP contribution in [0.15, 0.2) is 54.6 Å². The van der Waals surface area contributed by atoms with Gasteiger partial charge in [0.2, 0.25) is 5.91 Å². The number of nitrogens with one attached hydrogen (secondary N) is 1. The first kappa shape index (κ1) is 17.0. The molecule has 1 N–H and O–H groups in total. The van der Waals surface area contributed by atoms with E-state index in [1.807, 2.05) is 25.1 Å². The lowest BCUT2D eigenvalue weighted by atomic mass is 10.2. The summed E-state index contributed by atoms with van der Waals surface area (Å²) >= 11 is 0. The molecular formula is C17H19NO4S. The van der Waals surface area contributed by atoms with E-state index < -0.39 is 21.5 Å². The summed E-state index contributed by atoms with van der Waals surface area (Å²) in [5.41, 5.74) is 1.67. The van der Waals surface area contributed by atoms with Crippen molar-refractivity contribution >= 4 is 21.4 Å². The predicted octanol–water partition coefficient (Wildman–Crippen LogP) is 2.43. The average molecular weight is 333 g/mol. The third kappa shape index (κ3) is 6.12. The van der Waals surface area contributed by atoms with Gasteiger partial charge >= 0.3 is 0 Å². The molecule has 0 aliphatic heterocycles. The summed E-state index contributed by atoms with van der Waals surface area (Å²) in [5, 5.41) is 2.55. The Morgan fingerprint density at radius 3 is 2.35 bits per heavy atom. The van der Waals surface area contributed by atoms with Crippen LogP contribution in [0.25, 0.3) is 0 Å². The van der Waals surface area contributed by atoms with Crippen LogP contribution in [0, 0.1) is 6.92 Å². The lowest BCUT2D eigenvalue weighted by Gasteiger charge is -2.08. The third-order valence-corrected chi connectivity index (χ3v) is 4.58. The number of carbonyl (C=O) groups is 1. The zero-order chi connectivity index (χ0) is 16.7. The second-order valence-electron chi connectivity index (χ2n) is 5.17. The first-order chi connectivity index (χ1) is 10.9. The van der Waals surface area contributed by atoms with Gasteiger partial charge in [-0.2, -0.15) is 0 Å². The molecule has 0 spiro atoms. The minimum Gasteiger partial charge on any atom is -0.493 e. The van der Waals surface area contributed by atoms with Crippen molar-refractivity contribution in [1.29, 1.82) is 0 Å². The summed E-state index contributed by atoms with van der Waals surface area (Å²) in [5.74, 6) is -0.700. The molecule has 2 aromatic rings. The SMILES string of the molecule is Cc1ccc(OCCS(=O)(=O)CC(=O)Nc2ccccc2)cc1. The van der Waals surface area contributed by atoms with E-state index >= 15 is 0 Å². The van der Waals surface area contributed by atoms with Gasteiger partial charge in [-0.15, -0.1) is 0 Å². The Morgan fingerprint density at radius 2 is 1.70 bits per heavy atom. The van der Waals surface area contributed by atoms with Crippen LogP contribution in [0.2, 0.25) is 0 Å². The lowest BCUT2D eigenvalue weighted by molar-refractivity contribution is -0.113. The lowest BCUT2D eigenvalue weighted by Crippen LogP contribution is -2.26. The molecule has 23 heavy (non-hydrogen) atoms. The number of aryl methyl sites for hydroxylation is 1. The Labute approximate surface area is 136 Å². The Hall–Kier alpha value is -2.34. The summed E-state index contributed by atoms with van der Waals surface area (Å²) in [6.07, 6.45) is 0. The fourth-order valence-corrected chi connectivity index (χ4v) is 2.86. The molecule has 0 bridgehead atoms. The van der Waals surface area contributed by atoms with Crippen LogP contribution in [0.3, 0.4) is 0 Å². The largest absolute Gasteiger partial charge is 0.493 e. The van der Waals surface area contributed by atoms with Gasteiger partial charge in [0.15, 0.2) is 9.84 Å². The molecule has 2 aromatic carbocycles. The highest BCUT2D eigenvalue weighted by Gasteiger charge is 2.17. The molecule has 0 atom stereocenters. The molecule has 0 heterocycles. The average Bonchev–Trinajstić information content (AvgIpc) is 2.49. The van der Waals surface area contributed by atoms with Crippen molar-refractivity contribution in [2.45, 2.75) is 6.92 Å². The summed E-state index contributed by atoms with van der Waals surface area (Å²) in [4.78, 5) is 11.8. The first-order valence-corrected chi connectivity index (χ1v) is 9.01. The Bertz CT molecular complexity index is 740. The number of benzene rings is 2. The van der Waals surface area contributed by atoms with E-state index in [0.717, 1.165) is 5.56 Å². The van der Waals surface area contributed by atoms with Gasteiger partial charge in [-0.05, 0) is 31.2 Å². The van der Waals surface area contributed by atoms with Crippen LogP contribution < -0.4 is 10.1 Å². The minimum atomic E-state index is -3.52. The van der Waals surface area contributed by atoms with Crippen LogP contribution in [-0.2, 0) is 14.6 Å². The number of carbonyl (C=O) groups excluding carboxylic acids is 1. The molecule has 0 aromatic heterocycles. The van der Waals surface area contributed by atoms with E-state index in [1.54, 1.807) is 36.4 Å². The van der Waals surface area contributed by atoms with Gasteiger partial charge in [0, 0.05) is 5.69 Å². The van der Waals surface area contributed by atoms with E-state index in [0.29, 0.717) is 11.4 Å². The zero-order valence-corrected chi connectivity index (χ0v) is 13.7. The summed E-state index contributed by atoms with van der Waals surface area (Å²) in [7, 11) is -3.52. The minimum absolute atomic E-state index is 0.0179. The second-order valence-corrected chi connectivity index (χ2v) is 7.35. The topological polar surface area (TPSA) is 72.5 Å². The van der Waals surface area contributed by atoms with Gasteiger partial charge in [0.05, 0.1) is 5.75 Å². The molecule has 5 nitrogen and oxygen atoms in total. The van der Waals surface area contributed by atoms with Crippen molar-refractivity contribution in [1.82, 2.24) is 0 Å². The highest BCUT2D eigenvalue weighted by atomic mass is 32.2. The van der Waals surface area contributed by atoms with Crippen LogP contribution in [0.5, 0.6) is 5.75 Å². The Morgan fingerprint density at radius 1 is 1.04 bits per heavy atom. The van der Waals surface area contributed by atoms with E-state index in [-0.39, 0.29) is 12.4 Å². The highest BCUT2D eigenvalue weighted by Crippen LogP contribution is 2.11. The fourth-order valence-electron chi connectivity index (χ4n) is 1.91. The molecule has 0 unspecified atom stereocenters. The maximum atomic E-state index is 11.9. The second kappa shape index (κ2) is 7.78. The molecule has 0 saturated heterocycles. The van der Waals surface area contributed by atoms with Crippen molar-refractivity contribution in [3.8, 4) is 5.75 Å². The van der Waals surface area contributed by atoms with Gasteiger partial charge in [0.25, 0.3) is 0 Å². The molecule has 6 heteroatoms. The zero-order valence-electron chi connectivity index (χ0n) is 12.9. The molecule has 0 saturated carbocycles. The maximum absolute atomic E-state index is 11.9. The van der Waals surface area contributed by atoms with Crippen LogP contribution in [0.1, 0.15) is 5.56 Å². The van der Waals surface area contributed by atoms with E-state index in [2.05, 4.69) is 5.32 Å². The standard InChI is InChI=1S/C17H19NO4S/c1-14-7-9-16(10-8-14)22-11-12-23(20,21)13-17(19)18-15-5-3-2-4-6-15/h2-10H,11-13H2,1H3,(H,18,19). The number of sulfone groups is 1. The van der Waals surface area contributed by atoms with Gasteiger partial charge in [-0.25, -0.2) is 8.42 Å². The number of rotatable bonds is 7. The van der Waals surface area contributed by atoms with E-state index in [4.69, 9.17) is 4.74 Å². The Balaban J connectivity index is 1.79. The monoisotopic (exact) mass is 333 g/mol. The van der Waals surface area contributed by atoms with Gasteiger partial charge in [-0.1, -0.05) is 35.9 Å². The van der Waals surface area contributed by atoms with Crippen molar-refractivity contribution in [2.75, 3.05) is 23.4 Å². The normalized spacial score (nSPS) is 11.0. The molecule has 1 amide bonds. The summed E-state index contributed by atoms with van der Waals surface area (Å²) in [6.45, 7) is 1.98. The number of hydrogen-bond donors (Lipinski definition) is 1. The van der Waals surface area contributed by atoms with Gasteiger partial charge in [0.1, 0.15) is 18.1 Å². The third-order valence-electron chi connectivity index (χ3n) is 3.09.